The van der Waals surface area contributed by atoms with E-state index >= 15 is 0 Å². The zero-order valence-corrected chi connectivity index (χ0v) is 12.6. The quantitative estimate of drug-likeness (QED) is 0.773. The highest BCUT2D eigenvalue weighted by Crippen LogP contribution is 2.37. The Hall–Kier alpha value is -1.36. The van der Waals surface area contributed by atoms with E-state index in [2.05, 4.69) is 21.7 Å². The monoisotopic (exact) mass is 291 g/mol. The van der Waals surface area contributed by atoms with Crippen molar-refractivity contribution in [1.82, 2.24) is 15.1 Å². The Bertz CT molecular complexity index is 437. The maximum Gasteiger partial charge on any atom is 0.234 e. The highest BCUT2D eigenvalue weighted by atomic mass is 16.2. The van der Waals surface area contributed by atoms with Gasteiger partial charge < -0.3 is 10.2 Å². The van der Waals surface area contributed by atoms with Gasteiger partial charge in [-0.25, -0.2) is 0 Å². The zero-order chi connectivity index (χ0) is 14.8. The molecule has 2 bridgehead atoms. The number of nitrogens with zero attached hydrogens (tertiary/aromatic N) is 2. The normalized spacial score (nSPS) is 32.5. The van der Waals surface area contributed by atoms with Crippen LogP contribution >= 0.6 is 0 Å². The number of carbonyl (C=O) groups excluding carboxylic acids is 2. The van der Waals surface area contributed by atoms with Gasteiger partial charge in [0.2, 0.25) is 11.8 Å². The van der Waals surface area contributed by atoms with Gasteiger partial charge >= 0.3 is 0 Å². The third-order valence-corrected chi connectivity index (χ3v) is 5.07. The van der Waals surface area contributed by atoms with Gasteiger partial charge in [-0.15, -0.1) is 6.58 Å². The van der Waals surface area contributed by atoms with Crippen molar-refractivity contribution >= 4 is 11.8 Å². The molecular formula is C16H25N3O2. The molecule has 116 valence electrons. The first-order chi connectivity index (χ1) is 10.2. The van der Waals surface area contributed by atoms with Crippen molar-refractivity contribution in [2.24, 2.45) is 11.8 Å². The van der Waals surface area contributed by atoms with E-state index in [9.17, 15) is 9.59 Å². The van der Waals surface area contributed by atoms with Crippen LogP contribution in [0.1, 0.15) is 25.7 Å². The van der Waals surface area contributed by atoms with Crippen molar-refractivity contribution in [2.75, 3.05) is 32.7 Å². The molecule has 0 aromatic carbocycles. The average Bonchev–Trinajstić information content (AvgIpc) is 2.46. The van der Waals surface area contributed by atoms with Crippen molar-refractivity contribution < 1.29 is 9.59 Å². The predicted molar refractivity (Wildman–Crippen MR) is 80.6 cm³/mol. The van der Waals surface area contributed by atoms with E-state index in [0.717, 1.165) is 38.9 Å². The Labute approximate surface area is 126 Å². The number of nitrogens with one attached hydrogen (secondary N) is 1. The second kappa shape index (κ2) is 6.18. The molecule has 3 aliphatic heterocycles. The minimum atomic E-state index is 0.0754. The van der Waals surface area contributed by atoms with Crippen molar-refractivity contribution in [3.63, 3.8) is 0 Å². The molecule has 0 unspecified atom stereocenters. The molecule has 3 fully saturated rings. The van der Waals surface area contributed by atoms with Gasteiger partial charge in [0, 0.05) is 38.6 Å². The molecular weight excluding hydrogens is 266 g/mol. The molecule has 21 heavy (non-hydrogen) atoms. The van der Waals surface area contributed by atoms with Crippen LogP contribution in [0.4, 0.5) is 0 Å². The van der Waals surface area contributed by atoms with Crippen LogP contribution in [0.2, 0.25) is 0 Å². The molecule has 3 heterocycles. The summed E-state index contributed by atoms with van der Waals surface area (Å²) >= 11 is 0. The van der Waals surface area contributed by atoms with Crippen LogP contribution in [0.25, 0.3) is 0 Å². The highest BCUT2D eigenvalue weighted by Gasteiger charge is 2.43. The van der Waals surface area contributed by atoms with Gasteiger partial charge in [-0.3, -0.25) is 14.5 Å². The molecule has 0 spiro atoms. The van der Waals surface area contributed by atoms with Crippen LogP contribution in [-0.2, 0) is 9.59 Å². The van der Waals surface area contributed by atoms with Crippen LogP contribution in [0, 0.1) is 11.8 Å². The van der Waals surface area contributed by atoms with Gasteiger partial charge in [-0.05, 0) is 31.1 Å². The number of carbonyl (C=O) groups is 2. The molecule has 3 rings (SSSR count). The fourth-order valence-corrected chi connectivity index (χ4v) is 4.29. The third kappa shape index (κ3) is 3.12. The molecule has 3 aliphatic rings. The van der Waals surface area contributed by atoms with Crippen LogP contribution in [0.15, 0.2) is 12.7 Å². The van der Waals surface area contributed by atoms with E-state index in [4.69, 9.17) is 0 Å². The second-order valence-electron chi connectivity index (χ2n) is 6.65. The molecule has 0 radical (unpaired) electrons. The first-order valence-corrected chi connectivity index (χ1v) is 8.06. The molecule has 0 aromatic rings. The molecule has 0 saturated carbocycles. The first-order valence-electron chi connectivity index (χ1n) is 8.06. The average molecular weight is 291 g/mol. The topological polar surface area (TPSA) is 52.7 Å². The maximum absolute atomic E-state index is 12.1. The summed E-state index contributed by atoms with van der Waals surface area (Å²) in [7, 11) is 0. The predicted octanol–water partition coefficient (Wildman–Crippen LogP) is 0.621. The molecule has 0 aromatic heterocycles. The molecule has 5 heteroatoms. The van der Waals surface area contributed by atoms with Crippen LogP contribution in [-0.4, -0.2) is 60.4 Å². The Morgan fingerprint density at radius 2 is 2.24 bits per heavy atom. The van der Waals surface area contributed by atoms with Gasteiger partial charge in [0.25, 0.3) is 0 Å². The van der Waals surface area contributed by atoms with E-state index in [0.29, 0.717) is 36.9 Å². The largest absolute Gasteiger partial charge is 0.352 e. The lowest BCUT2D eigenvalue weighted by Crippen LogP contribution is -2.61. The van der Waals surface area contributed by atoms with E-state index < -0.39 is 0 Å². The number of fused-ring (bicyclic) bond motifs is 4. The Kier molecular flexibility index (Phi) is 4.29. The van der Waals surface area contributed by atoms with Gasteiger partial charge in [-0.1, -0.05) is 6.08 Å². The Morgan fingerprint density at radius 3 is 3.05 bits per heavy atom. The van der Waals surface area contributed by atoms with Crippen LogP contribution in [0.3, 0.4) is 0 Å². The molecule has 1 N–H and O–H groups in total. The van der Waals surface area contributed by atoms with Crippen molar-refractivity contribution in [3.05, 3.63) is 12.7 Å². The minimum absolute atomic E-state index is 0.0754. The summed E-state index contributed by atoms with van der Waals surface area (Å²) in [6, 6.07) is 0.418. The lowest BCUT2D eigenvalue weighted by Gasteiger charge is -2.52. The zero-order valence-electron chi connectivity index (χ0n) is 12.6. The van der Waals surface area contributed by atoms with E-state index in [1.807, 2.05) is 0 Å². The van der Waals surface area contributed by atoms with E-state index in [1.165, 1.54) is 6.42 Å². The summed E-state index contributed by atoms with van der Waals surface area (Å²) in [5, 5.41) is 2.85. The van der Waals surface area contributed by atoms with E-state index in [-0.39, 0.29) is 5.91 Å². The fraction of sp³-hybridized carbons (Fsp3) is 0.750. The molecule has 5 nitrogen and oxygen atoms in total. The number of rotatable bonds is 4. The number of likely N-dealkylation sites (tertiary alicyclic amines) is 1. The van der Waals surface area contributed by atoms with Crippen molar-refractivity contribution in [1.29, 1.82) is 0 Å². The maximum atomic E-state index is 12.1. The summed E-state index contributed by atoms with van der Waals surface area (Å²) in [4.78, 5) is 28.3. The van der Waals surface area contributed by atoms with E-state index in [1.54, 1.807) is 6.08 Å². The van der Waals surface area contributed by atoms with Gasteiger partial charge in [0.15, 0.2) is 0 Å². The summed E-state index contributed by atoms with van der Waals surface area (Å²) in [5.74, 6) is 1.51. The number of hydrogen-bond acceptors (Lipinski definition) is 3. The first kappa shape index (κ1) is 14.6. The number of amides is 2. The summed E-state index contributed by atoms with van der Waals surface area (Å²) in [5.41, 5.74) is 0. The number of hydrogen-bond donors (Lipinski definition) is 1. The van der Waals surface area contributed by atoms with Crippen molar-refractivity contribution in [2.45, 2.75) is 31.7 Å². The molecule has 3 saturated heterocycles. The van der Waals surface area contributed by atoms with Gasteiger partial charge in [0.1, 0.15) is 0 Å². The SMILES string of the molecule is C=CCNC(=O)CN1C[C@H]2C[C@H](C1)[C@H]1CCCC(=O)N1C2. The van der Waals surface area contributed by atoms with Crippen LogP contribution in [0.5, 0.6) is 0 Å². The number of piperidine rings is 3. The van der Waals surface area contributed by atoms with Gasteiger partial charge in [0.05, 0.1) is 6.54 Å². The van der Waals surface area contributed by atoms with Gasteiger partial charge in [-0.2, -0.15) is 0 Å². The molecule has 0 aliphatic carbocycles. The molecule has 2 amide bonds. The smallest absolute Gasteiger partial charge is 0.234 e. The lowest BCUT2D eigenvalue weighted by atomic mass is 9.76. The summed E-state index contributed by atoms with van der Waals surface area (Å²) in [6.45, 7) is 7.40. The minimum Gasteiger partial charge on any atom is -0.352 e. The Balaban J connectivity index is 1.60. The van der Waals surface area contributed by atoms with Crippen LogP contribution < -0.4 is 5.32 Å². The molecule has 3 atom stereocenters. The fourth-order valence-electron chi connectivity index (χ4n) is 4.29. The second-order valence-corrected chi connectivity index (χ2v) is 6.65. The Morgan fingerprint density at radius 1 is 1.38 bits per heavy atom. The summed E-state index contributed by atoms with van der Waals surface area (Å²) < 4.78 is 0. The standard InChI is InChI=1S/C16H25N3O2/c1-2-6-17-15(20)11-18-8-12-7-13(10-18)14-4-3-5-16(21)19(14)9-12/h2,12-14H,1,3-11H2,(H,17,20)/t12-,13-,14-/m1/s1. The highest BCUT2D eigenvalue weighted by molar-refractivity contribution is 5.78. The van der Waals surface area contributed by atoms with Crippen molar-refractivity contribution in [3.8, 4) is 0 Å². The lowest BCUT2D eigenvalue weighted by molar-refractivity contribution is -0.145. The summed E-state index contributed by atoms with van der Waals surface area (Å²) in [6.07, 6.45) is 5.82. The third-order valence-electron chi connectivity index (χ3n) is 5.07.